The van der Waals surface area contributed by atoms with Crippen molar-refractivity contribution in [1.29, 1.82) is 0 Å². The van der Waals surface area contributed by atoms with E-state index in [1.165, 1.54) is 21.9 Å². The molecular weight excluding hydrogens is 296 g/mol. The van der Waals surface area contributed by atoms with E-state index in [1.54, 1.807) is 0 Å². The maximum absolute atomic E-state index is 6.08. The normalized spacial score (nSPS) is 15.5. The van der Waals surface area contributed by atoms with E-state index in [1.807, 2.05) is 6.20 Å². The molecule has 1 aliphatic rings. The number of fused-ring (bicyclic) bond motifs is 1. The van der Waals surface area contributed by atoms with Crippen LogP contribution in [0.3, 0.4) is 0 Å². The molecule has 0 atom stereocenters. The van der Waals surface area contributed by atoms with Crippen LogP contribution in [0.5, 0.6) is 5.75 Å². The molecule has 122 valence electrons. The summed E-state index contributed by atoms with van der Waals surface area (Å²) in [5, 5.41) is 5.81. The molecule has 0 unspecified atom stereocenters. The Hall–Kier alpha value is -2.39. The predicted octanol–water partition coefficient (Wildman–Crippen LogP) is 4.34. The molecule has 3 heteroatoms. The molecule has 1 fully saturated rings. The number of aryl methyl sites for hydroxylation is 1. The first-order chi connectivity index (χ1) is 11.8. The first kappa shape index (κ1) is 15.2. The van der Waals surface area contributed by atoms with Gasteiger partial charge >= 0.3 is 0 Å². The van der Waals surface area contributed by atoms with Crippen LogP contribution >= 0.6 is 0 Å². The molecule has 0 spiro atoms. The van der Waals surface area contributed by atoms with E-state index in [0.717, 1.165) is 37.4 Å². The summed E-state index contributed by atoms with van der Waals surface area (Å²) in [7, 11) is 0. The van der Waals surface area contributed by atoms with Gasteiger partial charge in [-0.3, -0.25) is 4.98 Å². The fourth-order valence-electron chi connectivity index (χ4n) is 3.34. The van der Waals surface area contributed by atoms with E-state index in [4.69, 9.17) is 4.74 Å². The Bertz CT molecular complexity index is 836. The van der Waals surface area contributed by atoms with Gasteiger partial charge in [-0.15, -0.1) is 0 Å². The summed E-state index contributed by atoms with van der Waals surface area (Å²) in [5.41, 5.74) is 3.51. The summed E-state index contributed by atoms with van der Waals surface area (Å²) in [6.45, 7) is 4.15. The molecule has 24 heavy (non-hydrogen) atoms. The lowest BCUT2D eigenvalue weighted by molar-refractivity contribution is 0.162. The van der Waals surface area contributed by atoms with Crippen LogP contribution in [-0.4, -0.2) is 24.2 Å². The Labute approximate surface area is 142 Å². The molecule has 0 aliphatic carbocycles. The van der Waals surface area contributed by atoms with Crippen molar-refractivity contribution >= 4 is 10.8 Å². The number of piperidine rings is 1. The lowest BCUT2D eigenvalue weighted by Gasteiger charge is -2.23. The van der Waals surface area contributed by atoms with E-state index in [9.17, 15) is 0 Å². The Balaban J connectivity index is 1.56. The molecule has 0 saturated carbocycles. The highest BCUT2D eigenvalue weighted by atomic mass is 16.5. The van der Waals surface area contributed by atoms with Crippen molar-refractivity contribution in [3.05, 3.63) is 60.4 Å². The van der Waals surface area contributed by atoms with Gasteiger partial charge in [0.05, 0.1) is 0 Å². The van der Waals surface area contributed by atoms with Gasteiger partial charge in [0, 0.05) is 17.3 Å². The van der Waals surface area contributed by atoms with Crippen molar-refractivity contribution in [1.82, 2.24) is 10.3 Å². The molecular formula is C21H22N2O. The van der Waals surface area contributed by atoms with Crippen LogP contribution in [0.2, 0.25) is 0 Å². The molecule has 0 amide bonds. The monoisotopic (exact) mass is 318 g/mol. The highest BCUT2D eigenvalue weighted by Gasteiger charge is 2.14. The van der Waals surface area contributed by atoms with Gasteiger partial charge in [-0.1, -0.05) is 24.3 Å². The van der Waals surface area contributed by atoms with Crippen molar-refractivity contribution in [2.75, 3.05) is 13.1 Å². The maximum atomic E-state index is 6.08. The molecule has 3 nitrogen and oxygen atoms in total. The van der Waals surface area contributed by atoms with Crippen LogP contribution in [0, 0.1) is 6.92 Å². The number of nitrogens with one attached hydrogen (secondary N) is 1. The zero-order chi connectivity index (χ0) is 16.4. The molecule has 1 aromatic heterocycles. The molecule has 0 bridgehead atoms. The number of hydrogen-bond donors (Lipinski definition) is 1. The smallest absolute Gasteiger partial charge is 0.119 e. The van der Waals surface area contributed by atoms with Gasteiger partial charge in [-0.05, 0) is 73.6 Å². The van der Waals surface area contributed by atoms with Crippen molar-refractivity contribution in [2.45, 2.75) is 25.9 Å². The van der Waals surface area contributed by atoms with Crippen LogP contribution in [0.15, 0.2) is 54.7 Å². The number of nitrogens with zero attached hydrogens (tertiary/aromatic N) is 1. The number of benzene rings is 2. The van der Waals surface area contributed by atoms with E-state index in [2.05, 4.69) is 65.8 Å². The lowest BCUT2D eigenvalue weighted by atomic mass is 10.0. The van der Waals surface area contributed by atoms with Gasteiger partial charge in [0.1, 0.15) is 11.9 Å². The minimum atomic E-state index is 0.341. The molecule has 1 aliphatic heterocycles. The third-order valence-electron chi connectivity index (χ3n) is 4.74. The van der Waals surface area contributed by atoms with Crippen molar-refractivity contribution in [3.8, 4) is 16.9 Å². The van der Waals surface area contributed by atoms with Crippen LogP contribution in [0.1, 0.15) is 18.5 Å². The highest BCUT2D eigenvalue weighted by molar-refractivity contribution is 5.88. The van der Waals surface area contributed by atoms with Gasteiger partial charge in [-0.25, -0.2) is 0 Å². The Kier molecular flexibility index (Phi) is 4.18. The Morgan fingerprint density at radius 2 is 1.71 bits per heavy atom. The first-order valence-corrected chi connectivity index (χ1v) is 8.63. The third-order valence-corrected chi connectivity index (χ3v) is 4.74. The van der Waals surface area contributed by atoms with Crippen LogP contribution in [0.25, 0.3) is 21.9 Å². The molecule has 2 aromatic carbocycles. The number of ether oxygens (including phenoxy) is 1. The Morgan fingerprint density at radius 3 is 2.50 bits per heavy atom. The summed E-state index contributed by atoms with van der Waals surface area (Å²) < 4.78 is 6.08. The second kappa shape index (κ2) is 6.62. The van der Waals surface area contributed by atoms with Crippen LogP contribution < -0.4 is 10.1 Å². The van der Waals surface area contributed by atoms with Gasteiger partial charge < -0.3 is 10.1 Å². The third kappa shape index (κ3) is 3.13. The molecule has 2 heterocycles. The summed E-state index contributed by atoms with van der Waals surface area (Å²) in [4.78, 5) is 4.36. The van der Waals surface area contributed by atoms with E-state index in [0.29, 0.717) is 6.10 Å². The summed E-state index contributed by atoms with van der Waals surface area (Å²) in [6.07, 6.45) is 4.38. The number of hydrogen-bond acceptors (Lipinski definition) is 3. The predicted molar refractivity (Wildman–Crippen MR) is 98.4 cm³/mol. The van der Waals surface area contributed by atoms with Crippen molar-refractivity contribution in [3.63, 3.8) is 0 Å². The summed E-state index contributed by atoms with van der Waals surface area (Å²) >= 11 is 0. The fraction of sp³-hybridized carbons (Fsp3) is 0.286. The second-order valence-corrected chi connectivity index (χ2v) is 6.42. The van der Waals surface area contributed by atoms with Gasteiger partial charge in [0.15, 0.2) is 0 Å². The van der Waals surface area contributed by atoms with E-state index >= 15 is 0 Å². The standard InChI is InChI=1S/C21H22N2O/c1-15-21-7-4-17(14-18(21)8-13-23-15)16-2-5-19(6-3-16)24-20-9-11-22-12-10-20/h2-8,13-14,20,22H,9-12H2,1H3. The zero-order valence-corrected chi connectivity index (χ0v) is 14.0. The zero-order valence-electron chi connectivity index (χ0n) is 14.0. The minimum absolute atomic E-state index is 0.341. The summed E-state index contributed by atoms with van der Waals surface area (Å²) in [6, 6.07) is 17.1. The maximum Gasteiger partial charge on any atom is 0.119 e. The number of rotatable bonds is 3. The number of aromatic nitrogens is 1. The lowest BCUT2D eigenvalue weighted by Crippen LogP contribution is -2.34. The highest BCUT2D eigenvalue weighted by Crippen LogP contribution is 2.27. The van der Waals surface area contributed by atoms with Crippen LogP contribution in [0.4, 0.5) is 0 Å². The van der Waals surface area contributed by atoms with Crippen molar-refractivity contribution < 1.29 is 4.74 Å². The molecule has 1 N–H and O–H groups in total. The SMILES string of the molecule is Cc1nccc2cc(-c3ccc(OC4CCNCC4)cc3)ccc12. The molecule has 3 aromatic rings. The largest absolute Gasteiger partial charge is 0.490 e. The first-order valence-electron chi connectivity index (χ1n) is 8.63. The van der Waals surface area contributed by atoms with Gasteiger partial charge in [-0.2, -0.15) is 0 Å². The van der Waals surface area contributed by atoms with E-state index in [-0.39, 0.29) is 0 Å². The molecule has 1 saturated heterocycles. The van der Waals surface area contributed by atoms with Gasteiger partial charge in [0.25, 0.3) is 0 Å². The fourth-order valence-corrected chi connectivity index (χ4v) is 3.34. The second-order valence-electron chi connectivity index (χ2n) is 6.42. The quantitative estimate of drug-likeness (QED) is 0.780. The van der Waals surface area contributed by atoms with Crippen molar-refractivity contribution in [2.24, 2.45) is 0 Å². The Morgan fingerprint density at radius 1 is 0.958 bits per heavy atom. The molecule has 4 rings (SSSR count). The van der Waals surface area contributed by atoms with Gasteiger partial charge in [0.2, 0.25) is 0 Å². The molecule has 0 radical (unpaired) electrons. The van der Waals surface area contributed by atoms with E-state index < -0.39 is 0 Å². The minimum Gasteiger partial charge on any atom is -0.490 e. The number of pyridine rings is 1. The summed E-state index contributed by atoms with van der Waals surface area (Å²) in [5.74, 6) is 0.964. The van der Waals surface area contributed by atoms with Crippen LogP contribution in [-0.2, 0) is 0 Å². The topological polar surface area (TPSA) is 34.1 Å². The average Bonchev–Trinajstić information content (AvgIpc) is 2.63. The average molecular weight is 318 g/mol.